The number of morpholine rings is 1. The van der Waals surface area contributed by atoms with Crippen molar-refractivity contribution in [1.82, 2.24) is 15.3 Å². The Morgan fingerprint density at radius 3 is 2.90 bits per heavy atom. The molecule has 2 heterocycles. The van der Waals surface area contributed by atoms with Crippen LogP contribution >= 0.6 is 0 Å². The summed E-state index contributed by atoms with van der Waals surface area (Å²) < 4.78 is 5.42. The summed E-state index contributed by atoms with van der Waals surface area (Å²) in [6, 6.07) is -0.396. The van der Waals surface area contributed by atoms with Crippen LogP contribution in [0.1, 0.15) is 18.3 Å². The van der Waals surface area contributed by atoms with Crippen molar-refractivity contribution >= 4 is 17.5 Å². The van der Waals surface area contributed by atoms with Crippen molar-refractivity contribution in [2.24, 2.45) is 5.84 Å². The fraction of sp³-hybridized carbons (Fsp3) is 0.615. The fourth-order valence-electron chi connectivity index (χ4n) is 2.37. The summed E-state index contributed by atoms with van der Waals surface area (Å²) in [6.45, 7) is 5.37. The molecule has 1 aromatic heterocycles. The number of ether oxygens (including phenoxy) is 1. The number of hydrogen-bond donors (Lipinski definition) is 3. The molecule has 4 N–H and O–H groups in total. The Kier molecular flexibility index (Phi) is 4.92. The van der Waals surface area contributed by atoms with E-state index in [2.05, 4.69) is 20.7 Å². The predicted molar refractivity (Wildman–Crippen MR) is 80.0 cm³/mol. The molecule has 0 bridgehead atoms. The molecule has 1 fully saturated rings. The van der Waals surface area contributed by atoms with Gasteiger partial charge in [-0.1, -0.05) is 6.92 Å². The molecule has 8 heteroatoms. The number of rotatable bonds is 4. The van der Waals surface area contributed by atoms with E-state index >= 15 is 0 Å². The first-order chi connectivity index (χ1) is 10.1. The van der Waals surface area contributed by atoms with Crippen molar-refractivity contribution in [1.29, 1.82) is 0 Å². The molecule has 0 aliphatic carbocycles. The van der Waals surface area contributed by atoms with Crippen LogP contribution in [-0.4, -0.2) is 48.7 Å². The number of anilines is 2. The van der Waals surface area contributed by atoms with Crippen LogP contribution in [0.3, 0.4) is 0 Å². The van der Waals surface area contributed by atoms with Crippen LogP contribution in [0, 0.1) is 6.92 Å². The summed E-state index contributed by atoms with van der Waals surface area (Å²) in [6.07, 6.45) is 0.691. The first kappa shape index (κ1) is 15.5. The van der Waals surface area contributed by atoms with Crippen LogP contribution < -0.4 is 21.5 Å². The van der Waals surface area contributed by atoms with Gasteiger partial charge in [0.05, 0.1) is 13.2 Å². The van der Waals surface area contributed by atoms with Gasteiger partial charge in [-0.15, -0.1) is 0 Å². The second kappa shape index (κ2) is 6.68. The van der Waals surface area contributed by atoms with Gasteiger partial charge in [-0.3, -0.25) is 4.79 Å². The second-order valence-electron chi connectivity index (χ2n) is 4.83. The lowest BCUT2D eigenvalue weighted by atomic mass is 10.1. The third-order valence-corrected chi connectivity index (χ3v) is 3.57. The Hall–Kier alpha value is -1.93. The first-order valence-corrected chi connectivity index (χ1v) is 7.02. The highest BCUT2D eigenvalue weighted by Crippen LogP contribution is 2.26. The molecule has 0 radical (unpaired) electrons. The molecule has 1 aromatic rings. The maximum atomic E-state index is 12.1. The van der Waals surface area contributed by atoms with Gasteiger partial charge in [0.15, 0.2) is 0 Å². The SMILES string of the molecule is CCc1nc(NN)c(C)c(N2CCOCC2C(=O)NC)n1. The summed E-state index contributed by atoms with van der Waals surface area (Å²) >= 11 is 0. The van der Waals surface area contributed by atoms with E-state index in [-0.39, 0.29) is 5.91 Å². The molecule has 21 heavy (non-hydrogen) atoms. The molecule has 2 rings (SSSR count). The summed E-state index contributed by atoms with van der Waals surface area (Å²) in [5, 5.41) is 2.67. The number of aryl methyl sites for hydroxylation is 1. The van der Waals surface area contributed by atoms with E-state index < -0.39 is 6.04 Å². The van der Waals surface area contributed by atoms with E-state index in [0.29, 0.717) is 37.8 Å². The highest BCUT2D eigenvalue weighted by molar-refractivity contribution is 5.85. The number of nitrogen functional groups attached to an aromatic ring is 1. The van der Waals surface area contributed by atoms with E-state index in [4.69, 9.17) is 10.6 Å². The monoisotopic (exact) mass is 294 g/mol. The van der Waals surface area contributed by atoms with Gasteiger partial charge >= 0.3 is 0 Å². The zero-order valence-electron chi connectivity index (χ0n) is 12.6. The Morgan fingerprint density at radius 2 is 2.29 bits per heavy atom. The number of hydrogen-bond acceptors (Lipinski definition) is 7. The molecule has 0 spiro atoms. The standard InChI is InChI=1S/C13H22N6O2/c1-4-10-16-11(18-14)8(2)12(17-10)19-5-6-21-7-9(19)13(20)15-3/h9H,4-7,14H2,1-3H3,(H,15,20)(H,16,17,18). The Bertz CT molecular complexity index is 522. The van der Waals surface area contributed by atoms with Crippen LogP contribution in [0.5, 0.6) is 0 Å². The molecule has 1 saturated heterocycles. The number of hydrazine groups is 1. The van der Waals surface area contributed by atoms with Gasteiger partial charge in [-0.25, -0.2) is 15.8 Å². The van der Waals surface area contributed by atoms with Crippen molar-refractivity contribution in [2.75, 3.05) is 37.1 Å². The van der Waals surface area contributed by atoms with Crippen LogP contribution in [0.25, 0.3) is 0 Å². The molecule has 8 nitrogen and oxygen atoms in total. The topological polar surface area (TPSA) is 105 Å². The number of carbonyl (C=O) groups excluding carboxylic acids is 1. The largest absolute Gasteiger partial charge is 0.377 e. The summed E-state index contributed by atoms with van der Waals surface area (Å²) in [5.74, 6) is 7.44. The highest BCUT2D eigenvalue weighted by Gasteiger charge is 2.31. The zero-order valence-corrected chi connectivity index (χ0v) is 12.6. The third-order valence-electron chi connectivity index (χ3n) is 3.57. The molecule has 1 amide bonds. The maximum absolute atomic E-state index is 12.1. The molecule has 116 valence electrons. The number of nitrogens with two attached hydrogens (primary N) is 1. The van der Waals surface area contributed by atoms with E-state index in [1.54, 1.807) is 7.05 Å². The average molecular weight is 294 g/mol. The van der Waals surface area contributed by atoms with Crippen LogP contribution in [0.15, 0.2) is 0 Å². The lowest BCUT2D eigenvalue weighted by Crippen LogP contribution is -2.54. The smallest absolute Gasteiger partial charge is 0.244 e. The van der Waals surface area contributed by atoms with Crippen LogP contribution in [0.2, 0.25) is 0 Å². The first-order valence-electron chi connectivity index (χ1n) is 7.02. The normalized spacial score (nSPS) is 18.5. The van der Waals surface area contributed by atoms with E-state index in [1.807, 2.05) is 18.7 Å². The molecule has 0 saturated carbocycles. The minimum absolute atomic E-state index is 0.0898. The quantitative estimate of drug-likeness (QED) is 0.512. The number of amides is 1. The highest BCUT2D eigenvalue weighted by atomic mass is 16.5. The van der Waals surface area contributed by atoms with E-state index in [9.17, 15) is 4.79 Å². The molecule has 0 aromatic carbocycles. The Morgan fingerprint density at radius 1 is 1.52 bits per heavy atom. The minimum atomic E-state index is -0.396. The predicted octanol–water partition coefficient (Wildman–Crippen LogP) is -0.416. The van der Waals surface area contributed by atoms with E-state index in [1.165, 1.54) is 0 Å². The van der Waals surface area contributed by atoms with Gasteiger partial charge in [0.25, 0.3) is 0 Å². The van der Waals surface area contributed by atoms with Crippen molar-refractivity contribution in [3.05, 3.63) is 11.4 Å². The van der Waals surface area contributed by atoms with Crippen molar-refractivity contribution in [3.8, 4) is 0 Å². The molecular weight excluding hydrogens is 272 g/mol. The van der Waals surface area contributed by atoms with Crippen LogP contribution in [-0.2, 0) is 16.0 Å². The van der Waals surface area contributed by atoms with Gasteiger partial charge in [-0.05, 0) is 6.92 Å². The molecule has 1 unspecified atom stereocenters. The van der Waals surface area contributed by atoms with Gasteiger partial charge in [0.2, 0.25) is 5.91 Å². The molecule has 1 aliphatic rings. The fourth-order valence-corrected chi connectivity index (χ4v) is 2.37. The number of nitrogens with one attached hydrogen (secondary N) is 2. The number of carbonyl (C=O) groups is 1. The summed E-state index contributed by atoms with van der Waals surface area (Å²) in [7, 11) is 1.62. The van der Waals surface area contributed by atoms with Crippen molar-refractivity contribution in [3.63, 3.8) is 0 Å². The minimum Gasteiger partial charge on any atom is -0.377 e. The number of likely N-dealkylation sites (N-methyl/N-ethyl adjacent to an activating group) is 1. The van der Waals surface area contributed by atoms with Crippen molar-refractivity contribution in [2.45, 2.75) is 26.3 Å². The Balaban J connectivity index is 2.44. The van der Waals surface area contributed by atoms with Crippen LogP contribution in [0.4, 0.5) is 11.6 Å². The third kappa shape index (κ3) is 3.06. The maximum Gasteiger partial charge on any atom is 0.244 e. The number of aromatic nitrogens is 2. The van der Waals surface area contributed by atoms with Gasteiger partial charge in [0.1, 0.15) is 23.5 Å². The number of nitrogens with zero attached hydrogens (tertiary/aromatic N) is 3. The average Bonchev–Trinajstić information content (AvgIpc) is 2.54. The van der Waals surface area contributed by atoms with Gasteiger partial charge < -0.3 is 20.4 Å². The molecular formula is C13H22N6O2. The lowest BCUT2D eigenvalue weighted by Gasteiger charge is -2.36. The molecule has 1 atom stereocenters. The summed E-state index contributed by atoms with van der Waals surface area (Å²) in [4.78, 5) is 22.9. The van der Waals surface area contributed by atoms with Crippen molar-refractivity contribution < 1.29 is 9.53 Å². The zero-order chi connectivity index (χ0) is 15.4. The van der Waals surface area contributed by atoms with E-state index in [0.717, 1.165) is 11.4 Å². The molecule has 1 aliphatic heterocycles. The summed E-state index contributed by atoms with van der Waals surface area (Å²) in [5.41, 5.74) is 3.42. The van der Waals surface area contributed by atoms with Gasteiger partial charge in [-0.2, -0.15) is 0 Å². The second-order valence-corrected chi connectivity index (χ2v) is 4.83. The van der Waals surface area contributed by atoms with Gasteiger partial charge in [0, 0.05) is 25.6 Å². The lowest BCUT2D eigenvalue weighted by molar-refractivity contribution is -0.124. The Labute approximate surface area is 124 Å².